The minimum Gasteiger partial charge on any atom is -0.387 e. The van der Waals surface area contributed by atoms with Crippen molar-refractivity contribution in [3.63, 3.8) is 0 Å². The molecule has 0 aromatic heterocycles. The highest BCUT2D eigenvalue weighted by molar-refractivity contribution is 5.73. The van der Waals surface area contributed by atoms with E-state index in [1.165, 1.54) is 56.4 Å². The van der Waals surface area contributed by atoms with Crippen LogP contribution in [0, 0.1) is 11.7 Å². The summed E-state index contributed by atoms with van der Waals surface area (Å²) in [5, 5.41) is 15.4. The number of halogens is 1. The lowest BCUT2D eigenvalue weighted by Crippen LogP contribution is -2.38. The molecule has 2 rings (SSSR count). The molecule has 1 aliphatic rings. The zero-order valence-electron chi connectivity index (χ0n) is 12.9. The van der Waals surface area contributed by atoms with Crippen molar-refractivity contribution in [1.82, 2.24) is 10.6 Å². The van der Waals surface area contributed by atoms with Gasteiger partial charge in [0.15, 0.2) is 0 Å². The van der Waals surface area contributed by atoms with Gasteiger partial charge in [-0.3, -0.25) is 0 Å². The maximum absolute atomic E-state index is 12.8. The average molecular weight is 308 g/mol. The standard InChI is InChI=1S/C17H25FN2O2/c18-15-8-6-14(7-9-15)16(21)12-20-17(22)19-11-10-13-4-2-1-3-5-13/h6-9,13,16,21H,1-5,10-12H2,(H2,19,20,22). The van der Waals surface area contributed by atoms with Crippen molar-refractivity contribution in [3.05, 3.63) is 35.6 Å². The molecule has 1 aromatic rings. The fraction of sp³-hybridized carbons (Fsp3) is 0.588. The Morgan fingerprint density at radius 1 is 1.18 bits per heavy atom. The molecule has 1 unspecified atom stereocenters. The molecule has 1 aromatic carbocycles. The largest absolute Gasteiger partial charge is 0.387 e. The molecule has 1 aliphatic carbocycles. The van der Waals surface area contributed by atoms with Crippen molar-refractivity contribution in [1.29, 1.82) is 0 Å². The highest BCUT2D eigenvalue weighted by Gasteiger charge is 2.13. The van der Waals surface area contributed by atoms with Gasteiger partial charge in [-0.2, -0.15) is 0 Å². The summed E-state index contributed by atoms with van der Waals surface area (Å²) in [7, 11) is 0. The van der Waals surface area contributed by atoms with Crippen molar-refractivity contribution in [2.24, 2.45) is 5.92 Å². The Morgan fingerprint density at radius 3 is 2.55 bits per heavy atom. The minimum absolute atomic E-state index is 0.112. The Kier molecular flexibility index (Phi) is 6.65. The molecular weight excluding hydrogens is 283 g/mol. The van der Waals surface area contributed by atoms with Crippen LogP contribution in [0.1, 0.15) is 50.2 Å². The number of aliphatic hydroxyl groups is 1. The molecule has 5 heteroatoms. The first-order chi connectivity index (χ1) is 10.6. The van der Waals surface area contributed by atoms with Gasteiger partial charge in [0, 0.05) is 13.1 Å². The highest BCUT2D eigenvalue weighted by Crippen LogP contribution is 2.25. The lowest BCUT2D eigenvalue weighted by Gasteiger charge is -2.21. The summed E-state index contributed by atoms with van der Waals surface area (Å²) in [5.41, 5.74) is 0.587. The van der Waals surface area contributed by atoms with Crippen molar-refractivity contribution >= 4 is 6.03 Å². The second-order valence-electron chi connectivity index (χ2n) is 6.00. The van der Waals surface area contributed by atoms with Gasteiger partial charge in [0.2, 0.25) is 0 Å². The molecule has 0 spiro atoms. The summed E-state index contributed by atoms with van der Waals surface area (Å²) in [6.07, 6.45) is 6.69. The lowest BCUT2D eigenvalue weighted by molar-refractivity contribution is 0.173. The molecule has 4 nitrogen and oxygen atoms in total. The van der Waals surface area contributed by atoms with Gasteiger partial charge < -0.3 is 15.7 Å². The topological polar surface area (TPSA) is 61.4 Å². The Hall–Kier alpha value is -1.62. The van der Waals surface area contributed by atoms with E-state index >= 15 is 0 Å². The lowest BCUT2D eigenvalue weighted by atomic mass is 9.87. The summed E-state index contributed by atoms with van der Waals surface area (Å²) in [6, 6.07) is 5.36. The first kappa shape index (κ1) is 16.7. The van der Waals surface area contributed by atoms with Crippen LogP contribution >= 0.6 is 0 Å². The van der Waals surface area contributed by atoms with Crippen molar-refractivity contribution in [2.75, 3.05) is 13.1 Å². The van der Waals surface area contributed by atoms with Gasteiger partial charge in [-0.15, -0.1) is 0 Å². The third kappa shape index (κ3) is 5.64. The molecule has 1 fully saturated rings. The quantitative estimate of drug-likeness (QED) is 0.756. The SMILES string of the molecule is O=C(NCCC1CCCCC1)NCC(O)c1ccc(F)cc1. The second kappa shape index (κ2) is 8.73. The summed E-state index contributed by atoms with van der Waals surface area (Å²) in [6.45, 7) is 0.782. The number of rotatable bonds is 6. The predicted octanol–water partition coefficient (Wildman–Crippen LogP) is 3.13. The molecule has 122 valence electrons. The fourth-order valence-electron chi connectivity index (χ4n) is 2.92. The predicted molar refractivity (Wildman–Crippen MR) is 84.0 cm³/mol. The van der Waals surface area contributed by atoms with Gasteiger partial charge in [0.05, 0.1) is 6.10 Å². The van der Waals surface area contributed by atoms with Crippen LogP contribution in [0.5, 0.6) is 0 Å². The van der Waals surface area contributed by atoms with Crippen LogP contribution < -0.4 is 10.6 Å². The van der Waals surface area contributed by atoms with Gasteiger partial charge >= 0.3 is 6.03 Å². The number of hydrogen-bond donors (Lipinski definition) is 3. The summed E-state index contributed by atoms with van der Waals surface area (Å²) < 4.78 is 12.8. The van der Waals surface area contributed by atoms with E-state index in [4.69, 9.17) is 0 Å². The first-order valence-corrected chi connectivity index (χ1v) is 8.10. The molecule has 0 aliphatic heterocycles. The number of nitrogens with one attached hydrogen (secondary N) is 2. The number of benzene rings is 1. The van der Waals surface area contributed by atoms with Crippen LogP contribution in [0.3, 0.4) is 0 Å². The third-order valence-corrected chi connectivity index (χ3v) is 4.27. The maximum atomic E-state index is 12.8. The van der Waals surface area contributed by atoms with Gasteiger partial charge in [-0.1, -0.05) is 44.2 Å². The normalized spacial score (nSPS) is 17.0. The van der Waals surface area contributed by atoms with Crippen LogP contribution in [0.4, 0.5) is 9.18 Å². The Bertz CT molecular complexity index is 458. The van der Waals surface area contributed by atoms with Gasteiger partial charge in [-0.05, 0) is 30.0 Å². The molecule has 22 heavy (non-hydrogen) atoms. The van der Waals surface area contributed by atoms with E-state index in [1.54, 1.807) is 0 Å². The number of urea groups is 1. The summed E-state index contributed by atoms with van der Waals surface area (Å²) >= 11 is 0. The highest BCUT2D eigenvalue weighted by atomic mass is 19.1. The second-order valence-corrected chi connectivity index (χ2v) is 6.00. The molecule has 0 heterocycles. The van der Waals surface area contributed by atoms with E-state index in [1.807, 2.05) is 0 Å². The van der Waals surface area contributed by atoms with Crippen molar-refractivity contribution in [2.45, 2.75) is 44.6 Å². The van der Waals surface area contributed by atoms with Gasteiger partial charge in [0.25, 0.3) is 0 Å². The van der Waals surface area contributed by atoms with Crippen molar-refractivity contribution in [3.8, 4) is 0 Å². The molecular formula is C17H25FN2O2. The molecule has 1 atom stereocenters. The smallest absolute Gasteiger partial charge is 0.314 e. The van der Waals surface area contributed by atoms with Crippen molar-refractivity contribution < 1.29 is 14.3 Å². The molecule has 2 amide bonds. The zero-order valence-corrected chi connectivity index (χ0v) is 12.9. The maximum Gasteiger partial charge on any atom is 0.314 e. The fourth-order valence-corrected chi connectivity index (χ4v) is 2.92. The summed E-state index contributed by atoms with van der Waals surface area (Å²) in [5.74, 6) is 0.392. The molecule has 1 saturated carbocycles. The van der Waals surface area contributed by atoms with Gasteiger partial charge in [0.1, 0.15) is 5.82 Å². The van der Waals surface area contributed by atoms with Crippen LogP contribution in [0.25, 0.3) is 0 Å². The van der Waals surface area contributed by atoms with E-state index in [2.05, 4.69) is 10.6 Å². The minimum atomic E-state index is -0.829. The first-order valence-electron chi connectivity index (χ1n) is 8.10. The van der Waals surface area contributed by atoms with E-state index in [-0.39, 0.29) is 18.4 Å². The number of aliphatic hydroxyl groups excluding tert-OH is 1. The Balaban J connectivity index is 1.61. The van der Waals surface area contributed by atoms with E-state index in [0.29, 0.717) is 12.1 Å². The number of carbonyl (C=O) groups excluding carboxylic acids is 1. The molecule has 3 N–H and O–H groups in total. The average Bonchev–Trinajstić information content (AvgIpc) is 2.54. The van der Waals surface area contributed by atoms with Crippen LogP contribution in [-0.4, -0.2) is 24.2 Å². The summed E-state index contributed by atoms with van der Waals surface area (Å²) in [4.78, 5) is 11.7. The molecule has 0 saturated heterocycles. The molecule has 0 bridgehead atoms. The van der Waals surface area contributed by atoms with Crippen LogP contribution in [-0.2, 0) is 0 Å². The number of amides is 2. The monoisotopic (exact) mass is 308 g/mol. The van der Waals surface area contributed by atoms with E-state index < -0.39 is 6.10 Å². The van der Waals surface area contributed by atoms with Gasteiger partial charge in [-0.25, -0.2) is 9.18 Å². The molecule has 0 radical (unpaired) electrons. The Morgan fingerprint density at radius 2 is 1.86 bits per heavy atom. The van der Waals surface area contributed by atoms with E-state index in [9.17, 15) is 14.3 Å². The number of hydrogen-bond acceptors (Lipinski definition) is 2. The van der Waals surface area contributed by atoms with E-state index in [0.717, 1.165) is 12.3 Å². The van der Waals surface area contributed by atoms with Crippen LogP contribution in [0.15, 0.2) is 24.3 Å². The van der Waals surface area contributed by atoms with Crippen LogP contribution in [0.2, 0.25) is 0 Å². The Labute approximate surface area is 131 Å². The third-order valence-electron chi connectivity index (χ3n) is 4.27. The zero-order chi connectivity index (χ0) is 15.8. The number of carbonyl (C=O) groups is 1.